The maximum Gasteiger partial charge on any atom is 0.146 e. The molecule has 0 saturated heterocycles. The van der Waals surface area contributed by atoms with Crippen molar-refractivity contribution in [3.05, 3.63) is 48.3 Å². The van der Waals surface area contributed by atoms with Gasteiger partial charge in [0.15, 0.2) is 0 Å². The summed E-state index contributed by atoms with van der Waals surface area (Å²) < 4.78 is 18.9. The highest BCUT2D eigenvalue weighted by Gasteiger charge is 2.03. The zero-order chi connectivity index (χ0) is 13.1. The number of nitrogens with two attached hydrogens (primary N) is 1. The molecular formula is C15H16FNO. The minimum absolute atomic E-state index is 0.143. The summed E-state index contributed by atoms with van der Waals surface area (Å²) in [4.78, 5) is 0. The molecule has 0 saturated carbocycles. The van der Waals surface area contributed by atoms with Gasteiger partial charge in [0.25, 0.3) is 0 Å². The summed E-state index contributed by atoms with van der Waals surface area (Å²) >= 11 is 0. The first-order valence-corrected chi connectivity index (χ1v) is 5.88. The number of ether oxygens (including phenoxy) is 1. The van der Waals surface area contributed by atoms with E-state index in [4.69, 9.17) is 10.5 Å². The van der Waals surface area contributed by atoms with Crippen molar-refractivity contribution >= 4 is 5.69 Å². The lowest BCUT2D eigenvalue weighted by Crippen LogP contribution is -2.05. The van der Waals surface area contributed by atoms with Crippen LogP contribution in [0.2, 0.25) is 0 Å². The van der Waals surface area contributed by atoms with E-state index in [-0.39, 0.29) is 11.8 Å². The molecule has 0 heterocycles. The van der Waals surface area contributed by atoms with Crippen LogP contribution in [0, 0.1) is 5.82 Å². The second-order valence-corrected chi connectivity index (χ2v) is 4.43. The van der Waals surface area contributed by atoms with E-state index in [1.165, 1.54) is 6.07 Å². The lowest BCUT2D eigenvalue weighted by atomic mass is 10.1. The van der Waals surface area contributed by atoms with E-state index in [1.54, 1.807) is 12.1 Å². The van der Waals surface area contributed by atoms with Gasteiger partial charge in [0, 0.05) is 0 Å². The summed E-state index contributed by atoms with van der Waals surface area (Å²) in [5.41, 5.74) is 7.35. The van der Waals surface area contributed by atoms with Crippen LogP contribution in [-0.2, 0) is 0 Å². The monoisotopic (exact) mass is 245 g/mol. The Labute approximate surface area is 106 Å². The maximum absolute atomic E-state index is 13.4. The molecule has 0 spiro atoms. The molecule has 2 nitrogen and oxygen atoms in total. The SMILES string of the molecule is CC(C)Oc1ccc(-c2ccc(N)c(F)c2)cc1. The average molecular weight is 245 g/mol. The summed E-state index contributed by atoms with van der Waals surface area (Å²) in [6.45, 7) is 3.95. The van der Waals surface area contributed by atoms with Crippen molar-refractivity contribution in [3.8, 4) is 16.9 Å². The van der Waals surface area contributed by atoms with Crippen LogP contribution < -0.4 is 10.5 Å². The Balaban J connectivity index is 2.25. The van der Waals surface area contributed by atoms with Crippen LogP contribution in [0.1, 0.15) is 13.8 Å². The van der Waals surface area contributed by atoms with Gasteiger partial charge in [-0.05, 0) is 49.2 Å². The molecule has 2 aromatic rings. The van der Waals surface area contributed by atoms with E-state index >= 15 is 0 Å². The number of hydrogen-bond acceptors (Lipinski definition) is 2. The summed E-state index contributed by atoms with van der Waals surface area (Å²) in [5, 5.41) is 0. The fourth-order valence-electron chi connectivity index (χ4n) is 1.70. The van der Waals surface area contributed by atoms with Crippen molar-refractivity contribution in [1.82, 2.24) is 0 Å². The number of nitrogen functional groups attached to an aromatic ring is 1. The van der Waals surface area contributed by atoms with Crippen LogP contribution >= 0.6 is 0 Å². The molecule has 0 aliphatic rings. The van der Waals surface area contributed by atoms with Crippen molar-refractivity contribution < 1.29 is 9.13 Å². The highest BCUT2D eigenvalue weighted by atomic mass is 19.1. The second-order valence-electron chi connectivity index (χ2n) is 4.43. The van der Waals surface area contributed by atoms with Crippen molar-refractivity contribution in [2.45, 2.75) is 20.0 Å². The topological polar surface area (TPSA) is 35.2 Å². The smallest absolute Gasteiger partial charge is 0.146 e. The molecule has 0 aromatic heterocycles. The van der Waals surface area contributed by atoms with Crippen LogP contribution in [0.25, 0.3) is 11.1 Å². The van der Waals surface area contributed by atoms with Crippen LogP contribution in [0.4, 0.5) is 10.1 Å². The molecule has 94 valence electrons. The third-order valence-corrected chi connectivity index (χ3v) is 2.56. The molecule has 0 unspecified atom stereocenters. The molecule has 18 heavy (non-hydrogen) atoms. The van der Waals surface area contributed by atoms with Gasteiger partial charge in [-0.15, -0.1) is 0 Å². The fraction of sp³-hybridized carbons (Fsp3) is 0.200. The highest BCUT2D eigenvalue weighted by Crippen LogP contribution is 2.25. The van der Waals surface area contributed by atoms with E-state index in [0.717, 1.165) is 16.9 Å². The van der Waals surface area contributed by atoms with E-state index < -0.39 is 5.82 Å². The first-order valence-electron chi connectivity index (χ1n) is 5.88. The lowest BCUT2D eigenvalue weighted by Gasteiger charge is -2.10. The van der Waals surface area contributed by atoms with Crippen LogP contribution in [0.5, 0.6) is 5.75 Å². The second kappa shape index (κ2) is 5.08. The van der Waals surface area contributed by atoms with Gasteiger partial charge < -0.3 is 10.5 Å². The number of anilines is 1. The van der Waals surface area contributed by atoms with E-state index in [2.05, 4.69) is 0 Å². The molecule has 0 aliphatic heterocycles. The van der Waals surface area contributed by atoms with Gasteiger partial charge in [-0.3, -0.25) is 0 Å². The lowest BCUT2D eigenvalue weighted by molar-refractivity contribution is 0.242. The third-order valence-electron chi connectivity index (χ3n) is 2.56. The summed E-state index contributed by atoms with van der Waals surface area (Å²) in [5.74, 6) is 0.416. The molecule has 2 aromatic carbocycles. The van der Waals surface area contributed by atoms with Gasteiger partial charge in [-0.2, -0.15) is 0 Å². The van der Waals surface area contributed by atoms with E-state index in [9.17, 15) is 4.39 Å². The Kier molecular flexibility index (Phi) is 3.51. The standard InChI is InChI=1S/C15H16FNO/c1-10(2)18-13-6-3-11(4-7-13)12-5-8-15(17)14(16)9-12/h3-10H,17H2,1-2H3. The van der Waals surface area contributed by atoms with Crippen molar-refractivity contribution in [1.29, 1.82) is 0 Å². The quantitative estimate of drug-likeness (QED) is 0.833. The largest absolute Gasteiger partial charge is 0.491 e. The zero-order valence-corrected chi connectivity index (χ0v) is 10.5. The fourth-order valence-corrected chi connectivity index (χ4v) is 1.70. The molecule has 0 aliphatic carbocycles. The molecule has 0 bridgehead atoms. The first-order chi connectivity index (χ1) is 8.56. The number of halogens is 1. The van der Waals surface area contributed by atoms with Gasteiger partial charge in [-0.25, -0.2) is 4.39 Å². The Hall–Kier alpha value is -2.03. The van der Waals surface area contributed by atoms with Crippen LogP contribution in [0.3, 0.4) is 0 Å². The number of rotatable bonds is 3. The van der Waals surface area contributed by atoms with E-state index in [0.29, 0.717) is 0 Å². The summed E-state index contributed by atoms with van der Waals surface area (Å²) in [6.07, 6.45) is 0.143. The van der Waals surface area contributed by atoms with Gasteiger partial charge in [0.1, 0.15) is 11.6 Å². The molecule has 0 radical (unpaired) electrons. The summed E-state index contributed by atoms with van der Waals surface area (Å²) in [7, 11) is 0. The zero-order valence-electron chi connectivity index (χ0n) is 10.5. The third kappa shape index (κ3) is 2.80. The molecular weight excluding hydrogens is 229 g/mol. The average Bonchev–Trinajstić information content (AvgIpc) is 2.33. The number of hydrogen-bond donors (Lipinski definition) is 1. The Morgan fingerprint density at radius 3 is 2.17 bits per heavy atom. The Morgan fingerprint density at radius 1 is 1.00 bits per heavy atom. The summed E-state index contributed by atoms with van der Waals surface area (Å²) in [6, 6.07) is 12.4. The van der Waals surface area contributed by atoms with Gasteiger partial charge in [0.2, 0.25) is 0 Å². The predicted molar refractivity (Wildman–Crippen MR) is 72.0 cm³/mol. The molecule has 0 amide bonds. The molecule has 2 rings (SSSR count). The highest BCUT2D eigenvalue weighted by molar-refractivity contribution is 5.66. The molecule has 0 atom stereocenters. The van der Waals surface area contributed by atoms with Crippen LogP contribution in [0.15, 0.2) is 42.5 Å². The van der Waals surface area contributed by atoms with Gasteiger partial charge >= 0.3 is 0 Å². The molecule has 0 fully saturated rings. The van der Waals surface area contributed by atoms with Crippen molar-refractivity contribution in [3.63, 3.8) is 0 Å². The number of benzene rings is 2. The van der Waals surface area contributed by atoms with Crippen molar-refractivity contribution in [2.75, 3.05) is 5.73 Å². The Bertz CT molecular complexity index is 535. The van der Waals surface area contributed by atoms with Gasteiger partial charge in [-0.1, -0.05) is 18.2 Å². The molecule has 3 heteroatoms. The van der Waals surface area contributed by atoms with Gasteiger partial charge in [0.05, 0.1) is 11.8 Å². The minimum atomic E-state index is -0.394. The maximum atomic E-state index is 13.4. The van der Waals surface area contributed by atoms with E-state index in [1.807, 2.05) is 38.1 Å². The minimum Gasteiger partial charge on any atom is -0.491 e. The predicted octanol–water partition coefficient (Wildman–Crippen LogP) is 3.86. The normalized spacial score (nSPS) is 10.7. The molecule has 2 N–H and O–H groups in total. The first kappa shape index (κ1) is 12.4. The van der Waals surface area contributed by atoms with Crippen molar-refractivity contribution in [2.24, 2.45) is 0 Å². The van der Waals surface area contributed by atoms with Crippen LogP contribution in [-0.4, -0.2) is 6.10 Å². The Morgan fingerprint density at radius 2 is 1.61 bits per heavy atom.